The van der Waals surface area contributed by atoms with E-state index in [4.69, 9.17) is 4.74 Å². The van der Waals surface area contributed by atoms with Gasteiger partial charge in [-0.25, -0.2) is 4.98 Å². The number of ether oxygens (including phenoxy) is 1. The summed E-state index contributed by atoms with van der Waals surface area (Å²) in [6.45, 7) is 10.6. The van der Waals surface area contributed by atoms with E-state index in [1.54, 1.807) is 18.4 Å². The average Bonchev–Trinajstić information content (AvgIpc) is 2.93. The normalized spacial score (nSPS) is 12.0. The van der Waals surface area contributed by atoms with Crippen LogP contribution in [-0.2, 0) is 17.6 Å². The molecule has 7 heteroatoms. The lowest BCUT2D eigenvalue weighted by Crippen LogP contribution is -2.40. The van der Waals surface area contributed by atoms with Gasteiger partial charge in [0, 0.05) is 37.7 Å². The third kappa shape index (κ3) is 8.28. The molecule has 0 aliphatic heterocycles. The fourth-order valence-corrected chi connectivity index (χ4v) is 2.45. The van der Waals surface area contributed by atoms with Crippen molar-refractivity contribution in [2.24, 2.45) is 4.99 Å². The lowest BCUT2D eigenvalue weighted by molar-refractivity contribution is 0.0310. The second-order valence-corrected chi connectivity index (χ2v) is 6.61. The third-order valence-electron chi connectivity index (χ3n) is 3.10. The van der Waals surface area contributed by atoms with E-state index in [0.717, 1.165) is 31.9 Å². The fourth-order valence-electron chi connectivity index (χ4n) is 1.59. The van der Waals surface area contributed by atoms with Gasteiger partial charge >= 0.3 is 0 Å². The predicted octanol–water partition coefficient (Wildman–Crippen LogP) is 2.85. The van der Waals surface area contributed by atoms with Crippen molar-refractivity contribution in [1.82, 2.24) is 15.6 Å². The van der Waals surface area contributed by atoms with Gasteiger partial charge in [-0.1, -0.05) is 6.92 Å². The van der Waals surface area contributed by atoms with Crippen molar-refractivity contribution in [3.05, 3.63) is 16.1 Å². The molecule has 0 amide bonds. The summed E-state index contributed by atoms with van der Waals surface area (Å²) in [6, 6.07) is 0. The Balaban J connectivity index is 0.00000441. The lowest BCUT2D eigenvalue weighted by atomic mass is 10.1. The Hall–Kier alpha value is -0.410. The number of thiazole rings is 1. The van der Waals surface area contributed by atoms with E-state index in [1.807, 2.05) is 20.0 Å². The Bertz CT molecular complexity index is 449. The van der Waals surface area contributed by atoms with Crippen LogP contribution in [0.3, 0.4) is 0 Å². The van der Waals surface area contributed by atoms with E-state index in [2.05, 4.69) is 34.5 Å². The molecule has 0 spiro atoms. The first-order chi connectivity index (χ1) is 10.0. The molecule has 0 aliphatic carbocycles. The van der Waals surface area contributed by atoms with Crippen molar-refractivity contribution in [3.63, 3.8) is 0 Å². The number of nitrogens with one attached hydrogen (secondary N) is 2. The van der Waals surface area contributed by atoms with Gasteiger partial charge in [0.15, 0.2) is 5.96 Å². The molecule has 2 N–H and O–H groups in total. The van der Waals surface area contributed by atoms with Gasteiger partial charge in [-0.3, -0.25) is 4.99 Å². The first-order valence-corrected chi connectivity index (χ1v) is 8.33. The number of nitrogens with zero attached hydrogens (tertiary/aromatic N) is 2. The summed E-state index contributed by atoms with van der Waals surface area (Å²) in [6.07, 6.45) is 3.95. The monoisotopic (exact) mass is 440 g/mol. The summed E-state index contributed by atoms with van der Waals surface area (Å²) in [5.41, 5.74) is -0.242. The maximum Gasteiger partial charge on any atom is 0.191 e. The van der Waals surface area contributed by atoms with Crippen LogP contribution in [0, 0.1) is 0 Å². The Morgan fingerprint density at radius 1 is 1.36 bits per heavy atom. The van der Waals surface area contributed by atoms with E-state index in [0.29, 0.717) is 6.54 Å². The minimum atomic E-state index is -0.242. The van der Waals surface area contributed by atoms with Gasteiger partial charge in [-0.15, -0.1) is 35.3 Å². The maximum atomic E-state index is 5.38. The number of aryl methyl sites for hydroxylation is 1. The molecule has 0 radical (unpaired) electrons. The highest BCUT2D eigenvalue weighted by atomic mass is 127. The van der Waals surface area contributed by atoms with Gasteiger partial charge in [-0.05, 0) is 27.2 Å². The van der Waals surface area contributed by atoms with Gasteiger partial charge in [0.2, 0.25) is 0 Å². The molecule has 5 nitrogen and oxygen atoms in total. The molecule has 128 valence electrons. The molecule has 0 unspecified atom stereocenters. The van der Waals surface area contributed by atoms with Gasteiger partial charge in [0.1, 0.15) is 0 Å². The molecule has 0 bridgehead atoms. The fraction of sp³-hybridized carbons (Fsp3) is 0.733. The Morgan fingerprint density at radius 3 is 2.64 bits per heavy atom. The molecule has 0 fully saturated rings. The molecule has 0 saturated heterocycles. The van der Waals surface area contributed by atoms with Crippen LogP contribution in [0.15, 0.2) is 11.2 Å². The summed E-state index contributed by atoms with van der Waals surface area (Å²) >= 11 is 1.79. The van der Waals surface area contributed by atoms with Crippen molar-refractivity contribution in [3.8, 4) is 0 Å². The Morgan fingerprint density at radius 2 is 2.09 bits per heavy atom. The number of guanidine groups is 1. The standard InChI is InChI=1S/C15H28N4OS.HI/c1-6-12-10-18-13(21-12)8-9-17-14(16-7-2)19-11-15(3,4)20-5;/h10H,6-9,11H2,1-5H3,(H2,16,17,19);1H. The van der Waals surface area contributed by atoms with Crippen LogP contribution in [0.1, 0.15) is 37.6 Å². The SMILES string of the molecule is CCNC(=NCC(C)(C)OC)NCCc1ncc(CC)s1.I. The summed E-state index contributed by atoms with van der Waals surface area (Å²) in [7, 11) is 1.71. The molecule has 0 atom stereocenters. The Kier molecular flexibility index (Phi) is 11.0. The topological polar surface area (TPSA) is 58.5 Å². The number of halogens is 1. The summed E-state index contributed by atoms with van der Waals surface area (Å²) in [5.74, 6) is 0.829. The predicted molar refractivity (Wildman–Crippen MR) is 106 cm³/mol. The van der Waals surface area contributed by atoms with Crippen LogP contribution in [0.25, 0.3) is 0 Å². The number of hydrogen-bond donors (Lipinski definition) is 2. The summed E-state index contributed by atoms with van der Waals surface area (Å²) in [4.78, 5) is 10.3. The van der Waals surface area contributed by atoms with Crippen molar-refractivity contribution in [2.45, 2.75) is 46.1 Å². The number of hydrogen-bond acceptors (Lipinski definition) is 4. The summed E-state index contributed by atoms with van der Waals surface area (Å²) in [5, 5.41) is 7.76. The quantitative estimate of drug-likeness (QED) is 0.371. The van der Waals surface area contributed by atoms with Gasteiger partial charge in [0.05, 0.1) is 17.2 Å². The highest BCUT2D eigenvalue weighted by Gasteiger charge is 2.15. The van der Waals surface area contributed by atoms with Gasteiger partial charge in [-0.2, -0.15) is 0 Å². The molecule has 0 aromatic carbocycles. The lowest BCUT2D eigenvalue weighted by Gasteiger charge is -2.21. The number of aliphatic imine (C=N–C) groups is 1. The minimum Gasteiger partial charge on any atom is -0.377 e. The molecule has 1 aromatic heterocycles. The average molecular weight is 440 g/mol. The van der Waals surface area contributed by atoms with E-state index < -0.39 is 0 Å². The van der Waals surface area contributed by atoms with Crippen molar-refractivity contribution < 1.29 is 4.74 Å². The van der Waals surface area contributed by atoms with Crippen LogP contribution < -0.4 is 10.6 Å². The molecular formula is C15H29IN4OS. The van der Waals surface area contributed by atoms with Crippen LogP contribution >= 0.6 is 35.3 Å². The smallest absolute Gasteiger partial charge is 0.191 e. The largest absolute Gasteiger partial charge is 0.377 e. The molecule has 22 heavy (non-hydrogen) atoms. The molecular weight excluding hydrogens is 411 g/mol. The van der Waals surface area contributed by atoms with Crippen LogP contribution in [0.2, 0.25) is 0 Å². The number of rotatable bonds is 8. The highest BCUT2D eigenvalue weighted by Crippen LogP contribution is 2.13. The summed E-state index contributed by atoms with van der Waals surface area (Å²) < 4.78 is 5.38. The van der Waals surface area contributed by atoms with Crippen LogP contribution in [-0.4, -0.2) is 43.3 Å². The molecule has 1 heterocycles. The molecule has 0 aliphatic rings. The van der Waals surface area contributed by atoms with E-state index in [1.165, 1.54) is 9.88 Å². The maximum absolute atomic E-state index is 5.38. The number of methoxy groups -OCH3 is 1. The number of aromatic nitrogens is 1. The molecule has 1 rings (SSSR count). The zero-order chi connectivity index (χ0) is 15.7. The van der Waals surface area contributed by atoms with E-state index in [9.17, 15) is 0 Å². The zero-order valence-corrected chi connectivity index (χ0v) is 17.4. The zero-order valence-electron chi connectivity index (χ0n) is 14.2. The van der Waals surface area contributed by atoms with Crippen molar-refractivity contribution in [1.29, 1.82) is 0 Å². The minimum absolute atomic E-state index is 0. The first-order valence-electron chi connectivity index (χ1n) is 7.51. The van der Waals surface area contributed by atoms with Gasteiger partial charge in [0.25, 0.3) is 0 Å². The van der Waals surface area contributed by atoms with Crippen LogP contribution in [0.4, 0.5) is 0 Å². The van der Waals surface area contributed by atoms with Crippen LogP contribution in [0.5, 0.6) is 0 Å². The van der Waals surface area contributed by atoms with Crippen molar-refractivity contribution >= 4 is 41.3 Å². The second kappa shape index (κ2) is 11.2. The van der Waals surface area contributed by atoms with E-state index >= 15 is 0 Å². The molecule has 1 aromatic rings. The van der Waals surface area contributed by atoms with E-state index in [-0.39, 0.29) is 29.6 Å². The second-order valence-electron chi connectivity index (χ2n) is 5.41. The first kappa shape index (κ1) is 21.6. The van der Waals surface area contributed by atoms with Crippen molar-refractivity contribution in [2.75, 3.05) is 26.7 Å². The third-order valence-corrected chi connectivity index (χ3v) is 4.30. The van der Waals surface area contributed by atoms with Gasteiger partial charge < -0.3 is 15.4 Å². The Labute approximate surface area is 155 Å². The highest BCUT2D eigenvalue weighted by molar-refractivity contribution is 14.0. The molecule has 0 saturated carbocycles.